The van der Waals surface area contributed by atoms with Crippen molar-refractivity contribution in [3.63, 3.8) is 0 Å². The summed E-state index contributed by atoms with van der Waals surface area (Å²) >= 11 is 0. The molecule has 0 aliphatic carbocycles. The lowest BCUT2D eigenvalue weighted by molar-refractivity contribution is -0.137. The summed E-state index contributed by atoms with van der Waals surface area (Å²) in [5, 5.41) is 4.09. The van der Waals surface area contributed by atoms with Gasteiger partial charge in [0.2, 0.25) is 5.91 Å². The van der Waals surface area contributed by atoms with Crippen LogP contribution in [0.4, 0.5) is 0 Å². The molecule has 0 N–H and O–H groups in total. The number of hydrogen-bond acceptors (Lipinski definition) is 4. The second kappa shape index (κ2) is 10.1. The Bertz CT molecular complexity index is 996. The lowest BCUT2D eigenvalue weighted by atomic mass is 9.81. The molecule has 0 spiro atoms. The lowest BCUT2D eigenvalue weighted by Crippen LogP contribution is -2.44. The van der Waals surface area contributed by atoms with Crippen molar-refractivity contribution in [2.24, 2.45) is 18.9 Å². The normalized spacial score (nSPS) is 20.3. The van der Waals surface area contributed by atoms with Gasteiger partial charge in [0.05, 0.1) is 0 Å². The molecule has 3 heterocycles. The van der Waals surface area contributed by atoms with E-state index in [-0.39, 0.29) is 17.4 Å². The van der Waals surface area contributed by atoms with Crippen LogP contribution in [0.5, 0.6) is 0 Å². The van der Waals surface area contributed by atoms with E-state index >= 15 is 0 Å². The SMILES string of the molecule is Cn1nc(C(=O)N2CCC([C@@H]3CCCCN(CCc4ccccc4)C3=O)CC2)ccc1=O. The maximum Gasteiger partial charge on any atom is 0.274 e. The molecule has 4 rings (SSSR count). The Morgan fingerprint density at radius 1 is 0.969 bits per heavy atom. The van der Waals surface area contributed by atoms with E-state index in [9.17, 15) is 14.4 Å². The van der Waals surface area contributed by atoms with Gasteiger partial charge >= 0.3 is 0 Å². The standard InChI is InChI=1S/C25H32N4O3/c1-27-23(30)11-10-22(26-27)25(32)29-17-13-20(14-18-29)21-9-5-6-15-28(24(21)31)16-12-19-7-3-2-4-8-19/h2-4,7-8,10-11,20-21H,5-6,9,12-18H2,1H3/t21-/m0/s1. The van der Waals surface area contributed by atoms with E-state index in [0.29, 0.717) is 30.6 Å². The molecule has 2 aliphatic heterocycles. The highest BCUT2D eigenvalue weighted by Crippen LogP contribution is 2.32. The summed E-state index contributed by atoms with van der Waals surface area (Å²) in [5.74, 6) is 0.525. The fourth-order valence-electron chi connectivity index (χ4n) is 4.99. The van der Waals surface area contributed by atoms with Gasteiger partial charge in [-0.05, 0) is 49.7 Å². The third-order valence-corrected chi connectivity index (χ3v) is 6.91. The van der Waals surface area contributed by atoms with Gasteiger partial charge in [0.15, 0.2) is 0 Å². The van der Waals surface area contributed by atoms with Gasteiger partial charge in [-0.2, -0.15) is 5.10 Å². The zero-order chi connectivity index (χ0) is 22.5. The number of aromatic nitrogens is 2. The first-order valence-electron chi connectivity index (χ1n) is 11.7. The zero-order valence-electron chi connectivity index (χ0n) is 18.8. The van der Waals surface area contributed by atoms with Gasteiger partial charge in [0.25, 0.3) is 11.5 Å². The van der Waals surface area contributed by atoms with Crippen LogP contribution >= 0.6 is 0 Å². The van der Waals surface area contributed by atoms with Crippen LogP contribution in [0.2, 0.25) is 0 Å². The highest BCUT2D eigenvalue weighted by Gasteiger charge is 2.36. The average Bonchev–Trinajstić information content (AvgIpc) is 3.01. The van der Waals surface area contributed by atoms with E-state index in [2.05, 4.69) is 22.1 Å². The Morgan fingerprint density at radius 2 is 1.72 bits per heavy atom. The van der Waals surface area contributed by atoms with Gasteiger partial charge < -0.3 is 9.80 Å². The summed E-state index contributed by atoms with van der Waals surface area (Å²) in [5.41, 5.74) is 1.33. The van der Waals surface area contributed by atoms with Gasteiger partial charge in [-0.3, -0.25) is 14.4 Å². The van der Waals surface area contributed by atoms with Crippen molar-refractivity contribution >= 4 is 11.8 Å². The molecule has 7 heteroatoms. The predicted molar refractivity (Wildman–Crippen MR) is 122 cm³/mol. The molecule has 2 aliphatic rings. The topological polar surface area (TPSA) is 75.5 Å². The second-order valence-electron chi connectivity index (χ2n) is 8.97. The number of rotatable bonds is 5. The highest BCUT2D eigenvalue weighted by molar-refractivity contribution is 5.92. The van der Waals surface area contributed by atoms with Crippen molar-refractivity contribution in [3.8, 4) is 0 Å². The number of carbonyl (C=O) groups excluding carboxylic acids is 2. The van der Waals surface area contributed by atoms with Crippen molar-refractivity contribution < 1.29 is 9.59 Å². The van der Waals surface area contributed by atoms with Crippen molar-refractivity contribution in [2.75, 3.05) is 26.2 Å². The molecule has 0 radical (unpaired) electrons. The second-order valence-corrected chi connectivity index (χ2v) is 8.97. The Labute approximate surface area is 189 Å². The first-order chi connectivity index (χ1) is 15.5. The monoisotopic (exact) mass is 436 g/mol. The van der Waals surface area contributed by atoms with Crippen LogP contribution in [-0.4, -0.2) is 57.6 Å². The Balaban J connectivity index is 1.35. The zero-order valence-corrected chi connectivity index (χ0v) is 18.8. The summed E-state index contributed by atoms with van der Waals surface area (Å²) in [6, 6.07) is 13.2. The first-order valence-corrected chi connectivity index (χ1v) is 11.7. The number of nitrogens with zero attached hydrogens (tertiary/aromatic N) is 4. The van der Waals surface area contributed by atoms with Crippen molar-refractivity contribution in [3.05, 3.63) is 64.1 Å². The minimum Gasteiger partial charge on any atom is -0.342 e. The number of hydrogen-bond donors (Lipinski definition) is 0. The number of aryl methyl sites for hydroxylation is 1. The first kappa shape index (κ1) is 22.2. The van der Waals surface area contributed by atoms with E-state index < -0.39 is 0 Å². The number of piperidine rings is 1. The fourth-order valence-corrected chi connectivity index (χ4v) is 4.99. The van der Waals surface area contributed by atoms with Gasteiger partial charge in [-0.25, -0.2) is 4.68 Å². The van der Waals surface area contributed by atoms with Crippen LogP contribution in [0.3, 0.4) is 0 Å². The van der Waals surface area contributed by atoms with E-state index in [0.717, 1.165) is 51.6 Å². The van der Waals surface area contributed by atoms with Gasteiger partial charge in [0, 0.05) is 45.2 Å². The van der Waals surface area contributed by atoms with Crippen LogP contribution in [0.25, 0.3) is 0 Å². The van der Waals surface area contributed by atoms with Crippen molar-refractivity contribution in [2.45, 2.75) is 38.5 Å². The average molecular weight is 437 g/mol. The largest absolute Gasteiger partial charge is 0.342 e. The molecule has 2 fully saturated rings. The van der Waals surface area contributed by atoms with Gasteiger partial charge in [0.1, 0.15) is 5.69 Å². The van der Waals surface area contributed by atoms with Crippen molar-refractivity contribution in [1.29, 1.82) is 0 Å². The minimum atomic E-state index is -0.232. The van der Waals surface area contributed by atoms with Crippen LogP contribution < -0.4 is 5.56 Å². The molecule has 7 nitrogen and oxygen atoms in total. The molecule has 2 saturated heterocycles. The highest BCUT2D eigenvalue weighted by atomic mass is 16.2. The Hall–Kier alpha value is -2.96. The van der Waals surface area contributed by atoms with Gasteiger partial charge in [-0.15, -0.1) is 0 Å². The summed E-state index contributed by atoms with van der Waals surface area (Å²) in [6.45, 7) is 2.87. The molecule has 2 amide bonds. The van der Waals surface area contributed by atoms with E-state index in [4.69, 9.17) is 0 Å². The Morgan fingerprint density at radius 3 is 2.44 bits per heavy atom. The molecule has 2 aromatic rings. The maximum absolute atomic E-state index is 13.4. The van der Waals surface area contributed by atoms with Crippen LogP contribution in [0.15, 0.2) is 47.3 Å². The minimum absolute atomic E-state index is 0.0567. The molecule has 32 heavy (non-hydrogen) atoms. The molecule has 170 valence electrons. The lowest BCUT2D eigenvalue weighted by Gasteiger charge is -2.36. The van der Waals surface area contributed by atoms with Crippen LogP contribution in [0, 0.1) is 11.8 Å². The molecular formula is C25H32N4O3. The molecule has 1 atom stereocenters. The van der Waals surface area contributed by atoms with E-state index in [1.165, 1.54) is 22.4 Å². The summed E-state index contributed by atoms with van der Waals surface area (Å²) in [4.78, 5) is 41.6. The number of amides is 2. The van der Waals surface area contributed by atoms with Crippen LogP contribution in [0.1, 0.15) is 48.2 Å². The Kier molecular flexibility index (Phi) is 7.02. The fraction of sp³-hybridized carbons (Fsp3) is 0.520. The summed E-state index contributed by atoms with van der Waals surface area (Å²) < 4.78 is 1.19. The van der Waals surface area contributed by atoms with E-state index in [1.54, 1.807) is 11.9 Å². The molecule has 0 unspecified atom stereocenters. The van der Waals surface area contributed by atoms with Crippen molar-refractivity contribution in [1.82, 2.24) is 19.6 Å². The molecular weight excluding hydrogens is 404 g/mol. The third-order valence-electron chi connectivity index (χ3n) is 6.91. The number of likely N-dealkylation sites (tertiary alicyclic amines) is 2. The third kappa shape index (κ3) is 5.09. The smallest absolute Gasteiger partial charge is 0.274 e. The molecule has 1 aromatic heterocycles. The van der Waals surface area contributed by atoms with E-state index in [1.807, 2.05) is 18.2 Å². The number of benzene rings is 1. The van der Waals surface area contributed by atoms with Gasteiger partial charge in [-0.1, -0.05) is 36.8 Å². The molecule has 0 bridgehead atoms. The van der Waals surface area contributed by atoms with Crippen LogP contribution in [-0.2, 0) is 18.3 Å². The molecule has 1 aromatic carbocycles. The summed E-state index contributed by atoms with van der Waals surface area (Å²) in [7, 11) is 1.55. The predicted octanol–water partition coefficient (Wildman–Crippen LogP) is 2.50. The summed E-state index contributed by atoms with van der Waals surface area (Å²) in [6.07, 6.45) is 5.65. The maximum atomic E-state index is 13.4. The quantitative estimate of drug-likeness (QED) is 0.722. The number of carbonyl (C=O) groups is 2. The molecule has 0 saturated carbocycles.